The maximum atomic E-state index is 12.8. The molecule has 7 heteroatoms. The molecule has 3 rings (SSSR count). The topological polar surface area (TPSA) is 68.3 Å². The second-order valence-corrected chi connectivity index (χ2v) is 8.28. The van der Waals surface area contributed by atoms with E-state index in [9.17, 15) is 8.42 Å². The fourth-order valence-corrected chi connectivity index (χ4v) is 4.28. The summed E-state index contributed by atoms with van der Waals surface area (Å²) in [7, 11) is -2.16. The van der Waals surface area contributed by atoms with Crippen molar-refractivity contribution in [3.8, 4) is 17.0 Å². The summed E-state index contributed by atoms with van der Waals surface area (Å²) in [6, 6.07) is 12.0. The zero-order valence-electron chi connectivity index (χ0n) is 14.1. The Bertz CT molecular complexity index is 1010. The van der Waals surface area contributed by atoms with Gasteiger partial charge in [0.05, 0.1) is 28.4 Å². The van der Waals surface area contributed by atoms with Crippen LogP contribution >= 0.6 is 11.3 Å². The van der Waals surface area contributed by atoms with E-state index in [2.05, 4.69) is 9.71 Å². The summed E-state index contributed by atoms with van der Waals surface area (Å²) in [4.78, 5) is 4.64. The largest absolute Gasteiger partial charge is 0.496 e. The molecule has 0 aliphatic carbocycles. The highest BCUT2D eigenvalue weighted by atomic mass is 32.2. The minimum Gasteiger partial charge on any atom is -0.496 e. The molecule has 130 valence electrons. The Morgan fingerprint density at radius 1 is 1.12 bits per heavy atom. The molecule has 0 aliphatic heterocycles. The van der Waals surface area contributed by atoms with Crippen molar-refractivity contribution >= 4 is 27.0 Å². The molecular formula is C18H18N2O3S2. The van der Waals surface area contributed by atoms with Crippen LogP contribution in [0.3, 0.4) is 0 Å². The molecule has 0 radical (unpaired) electrons. The van der Waals surface area contributed by atoms with Crippen LogP contribution in [0.25, 0.3) is 11.3 Å². The quantitative estimate of drug-likeness (QED) is 0.725. The van der Waals surface area contributed by atoms with E-state index in [1.165, 1.54) is 17.4 Å². The van der Waals surface area contributed by atoms with E-state index in [0.717, 1.165) is 21.8 Å². The average Bonchev–Trinajstić information content (AvgIpc) is 3.01. The molecule has 0 bridgehead atoms. The van der Waals surface area contributed by atoms with Crippen LogP contribution < -0.4 is 9.46 Å². The Kier molecular flexibility index (Phi) is 4.78. The predicted octanol–water partition coefficient (Wildman–Crippen LogP) is 4.24. The predicted molar refractivity (Wildman–Crippen MR) is 101 cm³/mol. The Hall–Kier alpha value is -2.38. The lowest BCUT2D eigenvalue weighted by atomic mass is 10.1. The lowest BCUT2D eigenvalue weighted by molar-refractivity contribution is 0.411. The van der Waals surface area contributed by atoms with Gasteiger partial charge in [0.2, 0.25) is 0 Å². The third kappa shape index (κ3) is 3.67. The van der Waals surface area contributed by atoms with Crippen LogP contribution in [-0.4, -0.2) is 20.5 Å². The van der Waals surface area contributed by atoms with Gasteiger partial charge in [0.25, 0.3) is 10.0 Å². The van der Waals surface area contributed by atoms with Crippen molar-refractivity contribution in [3.63, 3.8) is 0 Å². The van der Waals surface area contributed by atoms with Crippen LogP contribution in [0.15, 0.2) is 52.7 Å². The Morgan fingerprint density at radius 3 is 2.52 bits per heavy atom. The standard InChI is InChI=1S/C18H18N2O3S2/c1-12-10-14(8-9-18(12)23-3)25(21,22)20-16-7-5-4-6-15(16)17-11-24-13(2)19-17/h4-11,20H,1-3H3. The van der Waals surface area contributed by atoms with E-state index < -0.39 is 10.0 Å². The number of nitrogens with one attached hydrogen (secondary N) is 1. The van der Waals surface area contributed by atoms with Gasteiger partial charge in [-0.05, 0) is 43.7 Å². The fraction of sp³-hybridized carbons (Fsp3) is 0.167. The molecule has 0 atom stereocenters. The first-order chi connectivity index (χ1) is 11.9. The van der Waals surface area contributed by atoms with Crippen LogP contribution in [0.5, 0.6) is 5.75 Å². The molecular weight excluding hydrogens is 356 g/mol. The molecule has 1 heterocycles. The van der Waals surface area contributed by atoms with E-state index >= 15 is 0 Å². The molecule has 3 aromatic rings. The molecule has 1 N–H and O–H groups in total. The summed E-state index contributed by atoms with van der Waals surface area (Å²) in [5.74, 6) is 0.650. The average molecular weight is 374 g/mol. The van der Waals surface area contributed by atoms with E-state index in [1.54, 1.807) is 31.4 Å². The maximum absolute atomic E-state index is 12.8. The van der Waals surface area contributed by atoms with Crippen molar-refractivity contribution < 1.29 is 13.2 Å². The van der Waals surface area contributed by atoms with Crippen molar-refractivity contribution in [2.45, 2.75) is 18.7 Å². The number of para-hydroxylation sites is 1. The number of hydrogen-bond acceptors (Lipinski definition) is 5. The Labute approximate surface area is 151 Å². The van der Waals surface area contributed by atoms with Gasteiger partial charge in [0.1, 0.15) is 5.75 Å². The number of anilines is 1. The van der Waals surface area contributed by atoms with Gasteiger partial charge in [-0.3, -0.25) is 4.72 Å². The number of aromatic nitrogens is 1. The molecule has 5 nitrogen and oxygen atoms in total. The van der Waals surface area contributed by atoms with Gasteiger partial charge in [-0.15, -0.1) is 11.3 Å². The summed E-state index contributed by atoms with van der Waals surface area (Å²) in [6.45, 7) is 3.73. The Morgan fingerprint density at radius 2 is 1.88 bits per heavy atom. The number of rotatable bonds is 5. The fourth-order valence-electron chi connectivity index (χ4n) is 2.50. The molecule has 0 fully saturated rings. The van der Waals surface area contributed by atoms with Gasteiger partial charge < -0.3 is 4.74 Å². The number of ether oxygens (including phenoxy) is 1. The van der Waals surface area contributed by atoms with Crippen LogP contribution in [0.1, 0.15) is 10.6 Å². The van der Waals surface area contributed by atoms with Gasteiger partial charge >= 0.3 is 0 Å². The molecule has 2 aromatic carbocycles. The second-order valence-electron chi connectivity index (χ2n) is 5.53. The minimum absolute atomic E-state index is 0.190. The molecule has 0 unspecified atom stereocenters. The normalized spacial score (nSPS) is 11.3. The highest BCUT2D eigenvalue weighted by Gasteiger charge is 2.18. The number of hydrogen-bond donors (Lipinski definition) is 1. The zero-order valence-corrected chi connectivity index (χ0v) is 15.7. The van der Waals surface area contributed by atoms with Crippen molar-refractivity contribution in [2.24, 2.45) is 0 Å². The zero-order chi connectivity index (χ0) is 18.0. The summed E-state index contributed by atoms with van der Waals surface area (Å²) in [5, 5.41) is 2.85. The van der Waals surface area contributed by atoms with Crippen molar-refractivity contribution in [3.05, 3.63) is 58.4 Å². The summed E-state index contributed by atoms with van der Waals surface area (Å²) < 4.78 is 33.4. The first-order valence-electron chi connectivity index (χ1n) is 7.60. The van der Waals surface area contributed by atoms with Crippen molar-refractivity contribution in [1.82, 2.24) is 4.98 Å². The molecule has 0 spiro atoms. The lowest BCUT2D eigenvalue weighted by Gasteiger charge is -2.13. The Balaban J connectivity index is 1.98. The van der Waals surface area contributed by atoms with Crippen LogP contribution in [0.4, 0.5) is 5.69 Å². The number of sulfonamides is 1. The van der Waals surface area contributed by atoms with Gasteiger partial charge in [-0.2, -0.15) is 0 Å². The number of benzene rings is 2. The van der Waals surface area contributed by atoms with Crippen LogP contribution in [-0.2, 0) is 10.0 Å². The maximum Gasteiger partial charge on any atom is 0.261 e. The van der Waals surface area contributed by atoms with Crippen LogP contribution in [0.2, 0.25) is 0 Å². The van der Waals surface area contributed by atoms with E-state index in [-0.39, 0.29) is 4.90 Å². The number of thiazole rings is 1. The van der Waals surface area contributed by atoms with E-state index in [1.807, 2.05) is 31.4 Å². The van der Waals surface area contributed by atoms with E-state index in [4.69, 9.17) is 4.74 Å². The number of aryl methyl sites for hydroxylation is 2. The number of methoxy groups -OCH3 is 1. The monoisotopic (exact) mass is 374 g/mol. The van der Waals surface area contributed by atoms with Crippen molar-refractivity contribution in [1.29, 1.82) is 0 Å². The minimum atomic E-state index is -3.71. The number of nitrogens with zero attached hydrogens (tertiary/aromatic N) is 1. The molecule has 25 heavy (non-hydrogen) atoms. The van der Waals surface area contributed by atoms with Crippen LogP contribution in [0, 0.1) is 13.8 Å². The summed E-state index contributed by atoms with van der Waals surface area (Å²) >= 11 is 1.53. The summed E-state index contributed by atoms with van der Waals surface area (Å²) in [6.07, 6.45) is 0. The lowest BCUT2D eigenvalue weighted by Crippen LogP contribution is -2.14. The first kappa shape index (κ1) is 17.4. The molecule has 0 amide bonds. The van der Waals surface area contributed by atoms with Gasteiger partial charge in [-0.1, -0.05) is 18.2 Å². The second kappa shape index (κ2) is 6.85. The highest BCUT2D eigenvalue weighted by molar-refractivity contribution is 7.92. The summed E-state index contributed by atoms with van der Waals surface area (Å²) in [5.41, 5.74) is 2.77. The van der Waals surface area contributed by atoms with Gasteiger partial charge in [-0.25, -0.2) is 13.4 Å². The van der Waals surface area contributed by atoms with E-state index in [0.29, 0.717) is 11.4 Å². The van der Waals surface area contributed by atoms with Gasteiger partial charge in [0, 0.05) is 10.9 Å². The SMILES string of the molecule is COc1ccc(S(=O)(=O)Nc2ccccc2-c2csc(C)n2)cc1C. The third-order valence-corrected chi connectivity index (χ3v) is 5.88. The van der Waals surface area contributed by atoms with Crippen molar-refractivity contribution in [2.75, 3.05) is 11.8 Å². The molecule has 0 saturated carbocycles. The molecule has 0 saturated heterocycles. The molecule has 0 aliphatic rings. The smallest absolute Gasteiger partial charge is 0.261 e. The molecule has 1 aromatic heterocycles. The first-order valence-corrected chi connectivity index (χ1v) is 9.96. The van der Waals surface area contributed by atoms with Gasteiger partial charge in [0.15, 0.2) is 0 Å². The third-order valence-electron chi connectivity index (χ3n) is 3.74. The highest BCUT2D eigenvalue weighted by Crippen LogP contribution is 2.31.